The van der Waals surface area contributed by atoms with Crippen molar-refractivity contribution in [2.75, 3.05) is 12.4 Å². The molecular formula is C22H14F7N3O5. The highest BCUT2D eigenvalue weighted by Crippen LogP contribution is 2.39. The highest BCUT2D eigenvalue weighted by Gasteiger charge is 2.34. The van der Waals surface area contributed by atoms with Crippen molar-refractivity contribution in [3.8, 4) is 23.0 Å². The lowest BCUT2D eigenvalue weighted by Crippen LogP contribution is -2.18. The molecule has 2 aromatic carbocycles. The highest BCUT2D eigenvalue weighted by atomic mass is 19.4. The van der Waals surface area contributed by atoms with Crippen LogP contribution in [0.4, 0.5) is 36.4 Å². The topological polar surface area (TPSA) is 113 Å². The van der Waals surface area contributed by atoms with E-state index in [-0.39, 0.29) is 17.2 Å². The number of primary amides is 1. The number of nitrogens with zero attached hydrogens (tertiary/aromatic N) is 1. The Hall–Kier alpha value is -4.56. The number of carbonyl (C=O) groups is 2. The summed E-state index contributed by atoms with van der Waals surface area (Å²) in [6, 6.07) is 5.64. The summed E-state index contributed by atoms with van der Waals surface area (Å²) in [5.74, 6) is -5.36. The predicted molar refractivity (Wildman–Crippen MR) is 112 cm³/mol. The van der Waals surface area contributed by atoms with Crippen LogP contribution in [0.3, 0.4) is 0 Å². The molecule has 3 aromatic rings. The van der Waals surface area contributed by atoms with Gasteiger partial charge < -0.3 is 25.3 Å². The number of benzene rings is 2. The minimum absolute atomic E-state index is 0.141. The lowest BCUT2D eigenvalue weighted by atomic mass is 10.1. The lowest BCUT2D eigenvalue weighted by molar-refractivity contribution is -0.274. The second kappa shape index (κ2) is 10.2. The van der Waals surface area contributed by atoms with Gasteiger partial charge >= 0.3 is 12.5 Å². The molecule has 196 valence electrons. The van der Waals surface area contributed by atoms with Gasteiger partial charge in [-0.05, 0) is 30.3 Å². The first kappa shape index (κ1) is 27.0. The summed E-state index contributed by atoms with van der Waals surface area (Å²) in [6.45, 7) is 0. The van der Waals surface area contributed by atoms with Crippen molar-refractivity contribution >= 4 is 17.5 Å². The van der Waals surface area contributed by atoms with Gasteiger partial charge in [0, 0.05) is 24.0 Å². The molecule has 1 aromatic heterocycles. The molecule has 0 radical (unpaired) electrons. The molecule has 0 spiro atoms. The maximum absolute atomic E-state index is 13.7. The fourth-order valence-electron chi connectivity index (χ4n) is 2.88. The number of methoxy groups -OCH3 is 1. The number of rotatable bonds is 7. The number of anilines is 1. The first-order valence-corrected chi connectivity index (χ1v) is 9.77. The van der Waals surface area contributed by atoms with Crippen molar-refractivity contribution in [3.05, 3.63) is 71.3 Å². The third kappa shape index (κ3) is 6.77. The van der Waals surface area contributed by atoms with E-state index in [1.54, 1.807) is 0 Å². The number of ether oxygens (including phenoxy) is 3. The zero-order chi connectivity index (χ0) is 27.5. The summed E-state index contributed by atoms with van der Waals surface area (Å²) in [7, 11) is 1.05. The molecule has 8 nitrogen and oxygen atoms in total. The fraction of sp³-hybridized carbons (Fsp3) is 0.136. The summed E-state index contributed by atoms with van der Waals surface area (Å²) in [5, 5.41) is 2.24. The van der Waals surface area contributed by atoms with Crippen LogP contribution in [0, 0.1) is 5.82 Å². The van der Waals surface area contributed by atoms with Gasteiger partial charge in [0.1, 0.15) is 28.6 Å². The molecule has 37 heavy (non-hydrogen) atoms. The van der Waals surface area contributed by atoms with Crippen LogP contribution in [0.25, 0.3) is 0 Å². The highest BCUT2D eigenvalue weighted by molar-refractivity contribution is 6.06. The quantitative estimate of drug-likeness (QED) is 0.399. The predicted octanol–water partition coefficient (Wildman–Crippen LogP) is 5.29. The van der Waals surface area contributed by atoms with E-state index in [0.29, 0.717) is 12.3 Å². The number of pyridine rings is 1. The summed E-state index contributed by atoms with van der Waals surface area (Å²) in [5.41, 5.74) is 2.34. The van der Waals surface area contributed by atoms with Crippen LogP contribution in [0.15, 0.2) is 48.7 Å². The van der Waals surface area contributed by atoms with Gasteiger partial charge in [-0.25, -0.2) is 4.39 Å². The number of aromatic nitrogens is 1. The summed E-state index contributed by atoms with van der Waals surface area (Å²) in [6.07, 6.45) is -9.44. The van der Waals surface area contributed by atoms with Gasteiger partial charge in [-0.3, -0.25) is 14.6 Å². The van der Waals surface area contributed by atoms with Gasteiger partial charge in [0.2, 0.25) is 0 Å². The maximum atomic E-state index is 13.7. The van der Waals surface area contributed by atoms with Gasteiger partial charge in [-0.15, -0.1) is 13.2 Å². The molecule has 0 aliphatic heterocycles. The zero-order valence-electron chi connectivity index (χ0n) is 18.3. The SMILES string of the molecule is COc1cc(OC(F)(F)F)ccc1Oc1cc(C(F)(F)F)ncc1C(=O)Nc1ccc(F)c(C(N)=O)c1. The molecule has 15 heteroatoms. The third-order valence-electron chi connectivity index (χ3n) is 4.48. The van der Waals surface area contributed by atoms with Crippen molar-refractivity contribution < 1.29 is 54.5 Å². The Bertz CT molecular complexity index is 1340. The average Bonchev–Trinajstić information content (AvgIpc) is 2.79. The number of hydrogen-bond donors (Lipinski definition) is 2. The Morgan fingerprint density at radius 1 is 0.919 bits per heavy atom. The second-order valence-corrected chi connectivity index (χ2v) is 7.04. The van der Waals surface area contributed by atoms with E-state index in [1.165, 1.54) is 0 Å². The van der Waals surface area contributed by atoms with Crippen LogP contribution in [0.2, 0.25) is 0 Å². The standard InChI is InChI=1S/C22H14F7N3O5/c1-35-17-7-11(37-22(27,28)29)3-5-15(17)36-16-8-18(21(24,25)26)31-9-13(16)20(34)32-10-2-4-14(23)12(6-10)19(30)33/h2-9H,1H3,(H2,30,33)(H,32,34). The minimum Gasteiger partial charge on any atom is -0.493 e. The van der Waals surface area contributed by atoms with E-state index < -0.39 is 58.5 Å². The largest absolute Gasteiger partial charge is 0.573 e. The number of nitrogens with two attached hydrogens (primary N) is 1. The molecule has 0 aliphatic carbocycles. The molecular weight excluding hydrogens is 519 g/mol. The van der Waals surface area contributed by atoms with E-state index >= 15 is 0 Å². The van der Waals surface area contributed by atoms with Gasteiger partial charge in [-0.1, -0.05) is 0 Å². The van der Waals surface area contributed by atoms with Gasteiger partial charge in [0.15, 0.2) is 11.5 Å². The molecule has 0 saturated carbocycles. The first-order chi connectivity index (χ1) is 17.2. The minimum atomic E-state index is -5.03. The van der Waals surface area contributed by atoms with Gasteiger partial charge in [-0.2, -0.15) is 13.2 Å². The van der Waals surface area contributed by atoms with Crippen LogP contribution in [-0.4, -0.2) is 30.3 Å². The van der Waals surface area contributed by atoms with Crippen LogP contribution < -0.4 is 25.3 Å². The van der Waals surface area contributed by atoms with Crippen molar-refractivity contribution in [3.63, 3.8) is 0 Å². The van der Waals surface area contributed by atoms with E-state index in [4.69, 9.17) is 15.2 Å². The molecule has 0 aliphatic rings. The number of nitrogens with one attached hydrogen (secondary N) is 1. The molecule has 1 heterocycles. The molecule has 0 atom stereocenters. The maximum Gasteiger partial charge on any atom is 0.573 e. The monoisotopic (exact) mass is 533 g/mol. The van der Waals surface area contributed by atoms with E-state index in [9.17, 15) is 40.3 Å². The Morgan fingerprint density at radius 3 is 2.22 bits per heavy atom. The number of halogens is 7. The molecule has 3 N–H and O–H groups in total. The first-order valence-electron chi connectivity index (χ1n) is 9.77. The van der Waals surface area contributed by atoms with Crippen molar-refractivity contribution in [2.45, 2.75) is 12.5 Å². The van der Waals surface area contributed by atoms with Gasteiger partial charge in [0.25, 0.3) is 11.8 Å². The third-order valence-corrected chi connectivity index (χ3v) is 4.48. The summed E-state index contributed by atoms with van der Waals surface area (Å²) in [4.78, 5) is 27.3. The zero-order valence-corrected chi connectivity index (χ0v) is 18.3. The van der Waals surface area contributed by atoms with Crippen molar-refractivity contribution in [1.29, 1.82) is 0 Å². The number of carbonyl (C=O) groups excluding carboxylic acids is 2. The van der Waals surface area contributed by atoms with E-state index in [0.717, 1.165) is 43.5 Å². The summed E-state index contributed by atoms with van der Waals surface area (Å²) < 4.78 is 105. The Morgan fingerprint density at radius 2 is 1.62 bits per heavy atom. The molecule has 0 bridgehead atoms. The smallest absolute Gasteiger partial charge is 0.493 e. The second-order valence-electron chi connectivity index (χ2n) is 7.04. The lowest BCUT2D eigenvalue weighted by Gasteiger charge is -2.16. The normalized spacial score (nSPS) is 11.6. The molecule has 2 amide bonds. The van der Waals surface area contributed by atoms with Crippen LogP contribution >= 0.6 is 0 Å². The molecule has 0 saturated heterocycles. The Balaban J connectivity index is 2.00. The number of amides is 2. The number of alkyl halides is 6. The van der Waals surface area contributed by atoms with Gasteiger partial charge in [0.05, 0.1) is 12.7 Å². The van der Waals surface area contributed by atoms with Crippen LogP contribution in [-0.2, 0) is 6.18 Å². The molecule has 3 rings (SSSR count). The molecule has 0 unspecified atom stereocenters. The van der Waals surface area contributed by atoms with Crippen molar-refractivity contribution in [2.24, 2.45) is 5.73 Å². The number of hydrogen-bond acceptors (Lipinski definition) is 6. The van der Waals surface area contributed by atoms with E-state index in [1.807, 2.05) is 0 Å². The van der Waals surface area contributed by atoms with Crippen LogP contribution in [0.5, 0.6) is 23.0 Å². The average molecular weight is 533 g/mol. The Kier molecular flexibility index (Phi) is 7.45. The molecule has 0 fully saturated rings. The van der Waals surface area contributed by atoms with E-state index in [2.05, 4.69) is 15.0 Å². The Labute approximate surface area is 202 Å². The van der Waals surface area contributed by atoms with Crippen LogP contribution in [0.1, 0.15) is 26.4 Å². The summed E-state index contributed by atoms with van der Waals surface area (Å²) >= 11 is 0. The van der Waals surface area contributed by atoms with Crippen molar-refractivity contribution in [1.82, 2.24) is 4.98 Å². The fourth-order valence-corrected chi connectivity index (χ4v) is 2.88.